The number of hydrogen-bond donors (Lipinski definition) is 0. The summed E-state index contributed by atoms with van der Waals surface area (Å²) in [6, 6.07) is 12.3. The molecule has 3 rings (SSSR count). The predicted molar refractivity (Wildman–Crippen MR) is 67.6 cm³/mol. The van der Waals surface area contributed by atoms with Gasteiger partial charge in [0.25, 0.3) is 0 Å². The van der Waals surface area contributed by atoms with Crippen molar-refractivity contribution in [3.05, 3.63) is 64.4 Å². The van der Waals surface area contributed by atoms with E-state index in [1.54, 1.807) is 0 Å². The number of halogens is 1. The van der Waals surface area contributed by atoms with Crippen LogP contribution < -0.4 is 0 Å². The van der Waals surface area contributed by atoms with Crippen molar-refractivity contribution < 1.29 is 0 Å². The van der Waals surface area contributed by atoms with Gasteiger partial charge in [0.1, 0.15) is 0 Å². The Morgan fingerprint density at radius 1 is 1.12 bits per heavy atom. The Kier molecular flexibility index (Phi) is 2.33. The number of rotatable bonds is 1. The zero-order valence-electron chi connectivity index (χ0n) is 8.86. The Labute approximate surface area is 100.0 Å². The maximum absolute atomic E-state index is 5.86. The molecule has 16 heavy (non-hydrogen) atoms. The van der Waals surface area contributed by atoms with Crippen LogP contribution in [0.5, 0.6) is 0 Å². The molecular formula is C14H12ClN. The van der Waals surface area contributed by atoms with Crippen molar-refractivity contribution in [2.45, 2.75) is 13.0 Å². The fourth-order valence-electron chi connectivity index (χ4n) is 2.16. The lowest BCUT2D eigenvalue weighted by Crippen LogP contribution is -1.88. The smallest absolute Gasteiger partial charge is 0.0439 e. The Hall–Kier alpha value is -1.47. The molecule has 2 heterocycles. The molecule has 0 atom stereocenters. The topological polar surface area (TPSA) is 4.93 Å². The minimum absolute atomic E-state index is 0.792. The standard InChI is InChI=1S/C14H12ClN/c15-13-5-3-11(4-6-13)8-12-9-14-2-1-7-16(14)10-12/h1-8H,9-10H2/b12-8+. The molecule has 0 saturated heterocycles. The minimum Gasteiger partial charge on any atom is -0.347 e. The lowest BCUT2D eigenvalue weighted by molar-refractivity contribution is 0.842. The summed E-state index contributed by atoms with van der Waals surface area (Å²) in [5, 5.41) is 0.792. The van der Waals surface area contributed by atoms with Gasteiger partial charge in [0.05, 0.1) is 0 Å². The zero-order chi connectivity index (χ0) is 11.0. The molecule has 0 N–H and O–H groups in total. The summed E-state index contributed by atoms with van der Waals surface area (Å²) in [7, 11) is 0. The lowest BCUT2D eigenvalue weighted by Gasteiger charge is -1.98. The highest BCUT2D eigenvalue weighted by atomic mass is 35.5. The molecule has 2 heteroatoms. The lowest BCUT2D eigenvalue weighted by atomic mass is 10.1. The molecule has 1 aliphatic rings. The maximum atomic E-state index is 5.86. The van der Waals surface area contributed by atoms with E-state index in [0.29, 0.717) is 0 Å². The molecule has 0 amide bonds. The molecule has 0 bridgehead atoms. The van der Waals surface area contributed by atoms with Gasteiger partial charge >= 0.3 is 0 Å². The van der Waals surface area contributed by atoms with E-state index in [0.717, 1.165) is 18.0 Å². The van der Waals surface area contributed by atoms with Gasteiger partial charge in [-0.05, 0) is 35.4 Å². The van der Waals surface area contributed by atoms with Crippen LogP contribution in [0.25, 0.3) is 6.08 Å². The number of nitrogens with zero attached hydrogens (tertiary/aromatic N) is 1. The third-order valence-corrected chi connectivity index (χ3v) is 3.20. The zero-order valence-corrected chi connectivity index (χ0v) is 9.61. The third-order valence-electron chi connectivity index (χ3n) is 2.95. The Balaban J connectivity index is 1.85. The van der Waals surface area contributed by atoms with Gasteiger partial charge in [-0.15, -0.1) is 0 Å². The highest BCUT2D eigenvalue weighted by molar-refractivity contribution is 6.30. The highest BCUT2D eigenvalue weighted by Gasteiger charge is 2.13. The number of allylic oxidation sites excluding steroid dienone is 1. The first-order valence-corrected chi connectivity index (χ1v) is 5.78. The van der Waals surface area contributed by atoms with Gasteiger partial charge in [-0.2, -0.15) is 0 Å². The predicted octanol–water partition coefficient (Wildman–Crippen LogP) is 3.78. The van der Waals surface area contributed by atoms with E-state index in [1.807, 2.05) is 12.1 Å². The summed E-state index contributed by atoms with van der Waals surface area (Å²) in [6.45, 7) is 1.02. The maximum Gasteiger partial charge on any atom is 0.0439 e. The molecule has 2 aromatic rings. The Bertz CT molecular complexity index is 512. The molecule has 0 unspecified atom stereocenters. The fraction of sp³-hybridized carbons (Fsp3) is 0.143. The van der Waals surface area contributed by atoms with E-state index >= 15 is 0 Å². The summed E-state index contributed by atoms with van der Waals surface area (Å²) in [6.07, 6.45) is 5.46. The average molecular weight is 230 g/mol. The van der Waals surface area contributed by atoms with Crippen LogP contribution in [-0.4, -0.2) is 4.57 Å². The van der Waals surface area contributed by atoms with Gasteiger partial charge in [0.15, 0.2) is 0 Å². The molecule has 0 saturated carbocycles. The Morgan fingerprint density at radius 2 is 1.94 bits per heavy atom. The number of benzene rings is 1. The van der Waals surface area contributed by atoms with Crippen molar-refractivity contribution in [2.24, 2.45) is 0 Å². The van der Waals surface area contributed by atoms with E-state index < -0.39 is 0 Å². The first kappa shape index (κ1) is 9.73. The first-order chi connectivity index (χ1) is 7.81. The van der Waals surface area contributed by atoms with Gasteiger partial charge in [-0.3, -0.25) is 0 Å². The van der Waals surface area contributed by atoms with Crippen LogP contribution >= 0.6 is 11.6 Å². The highest BCUT2D eigenvalue weighted by Crippen LogP contribution is 2.22. The van der Waals surface area contributed by atoms with Crippen molar-refractivity contribution >= 4 is 17.7 Å². The van der Waals surface area contributed by atoms with Gasteiger partial charge in [-0.1, -0.05) is 29.8 Å². The molecule has 1 nitrogen and oxygen atoms in total. The van der Waals surface area contributed by atoms with E-state index in [1.165, 1.54) is 16.8 Å². The van der Waals surface area contributed by atoms with Crippen LogP contribution in [0.4, 0.5) is 0 Å². The molecule has 0 radical (unpaired) electrons. The molecule has 1 aliphatic heterocycles. The quantitative estimate of drug-likeness (QED) is 0.701. The first-order valence-electron chi connectivity index (χ1n) is 5.40. The van der Waals surface area contributed by atoms with E-state index in [4.69, 9.17) is 11.6 Å². The summed E-state index contributed by atoms with van der Waals surface area (Å²) >= 11 is 5.86. The third kappa shape index (κ3) is 1.79. The van der Waals surface area contributed by atoms with Crippen LogP contribution in [0, 0.1) is 0 Å². The second-order valence-corrected chi connectivity index (χ2v) is 4.59. The molecule has 1 aromatic carbocycles. The fourth-order valence-corrected chi connectivity index (χ4v) is 2.29. The minimum atomic E-state index is 0.792. The summed E-state index contributed by atoms with van der Waals surface area (Å²) in [5.41, 5.74) is 4.09. The molecular weight excluding hydrogens is 218 g/mol. The SMILES string of the molecule is Clc1ccc(/C=C2\Cc3cccn3C2)cc1. The van der Waals surface area contributed by atoms with Gasteiger partial charge in [0, 0.05) is 29.9 Å². The number of aromatic nitrogens is 1. The molecule has 1 aromatic heterocycles. The van der Waals surface area contributed by atoms with Gasteiger partial charge < -0.3 is 4.57 Å². The normalized spacial score (nSPS) is 16.7. The van der Waals surface area contributed by atoms with E-state index in [2.05, 4.69) is 41.1 Å². The summed E-state index contributed by atoms with van der Waals surface area (Å²) in [4.78, 5) is 0. The number of fused-ring (bicyclic) bond motifs is 1. The van der Waals surface area contributed by atoms with E-state index in [-0.39, 0.29) is 0 Å². The molecule has 0 aliphatic carbocycles. The van der Waals surface area contributed by atoms with Crippen molar-refractivity contribution in [1.29, 1.82) is 0 Å². The van der Waals surface area contributed by atoms with Crippen LogP contribution in [0.2, 0.25) is 5.02 Å². The van der Waals surface area contributed by atoms with Crippen molar-refractivity contribution in [3.63, 3.8) is 0 Å². The largest absolute Gasteiger partial charge is 0.347 e. The Morgan fingerprint density at radius 3 is 2.69 bits per heavy atom. The average Bonchev–Trinajstić information content (AvgIpc) is 2.81. The summed E-state index contributed by atoms with van der Waals surface area (Å²) < 4.78 is 2.29. The van der Waals surface area contributed by atoms with Crippen LogP contribution in [0.15, 0.2) is 48.2 Å². The summed E-state index contributed by atoms with van der Waals surface area (Å²) in [5.74, 6) is 0. The second kappa shape index (κ2) is 3.84. The van der Waals surface area contributed by atoms with E-state index in [9.17, 15) is 0 Å². The molecule has 0 fully saturated rings. The van der Waals surface area contributed by atoms with Crippen molar-refractivity contribution in [3.8, 4) is 0 Å². The van der Waals surface area contributed by atoms with Gasteiger partial charge in [-0.25, -0.2) is 0 Å². The van der Waals surface area contributed by atoms with Crippen LogP contribution in [-0.2, 0) is 13.0 Å². The van der Waals surface area contributed by atoms with Gasteiger partial charge in [0.2, 0.25) is 0 Å². The number of hydrogen-bond acceptors (Lipinski definition) is 0. The van der Waals surface area contributed by atoms with Crippen LogP contribution in [0.1, 0.15) is 11.3 Å². The van der Waals surface area contributed by atoms with Crippen molar-refractivity contribution in [1.82, 2.24) is 4.57 Å². The molecule has 0 spiro atoms. The second-order valence-electron chi connectivity index (χ2n) is 4.16. The van der Waals surface area contributed by atoms with Crippen molar-refractivity contribution in [2.75, 3.05) is 0 Å². The van der Waals surface area contributed by atoms with Crippen LogP contribution in [0.3, 0.4) is 0 Å². The monoisotopic (exact) mass is 229 g/mol. The molecule has 80 valence electrons.